The molecule has 40 heavy (non-hydrogen) atoms. The summed E-state index contributed by atoms with van der Waals surface area (Å²) in [5.41, 5.74) is -1.24. The summed E-state index contributed by atoms with van der Waals surface area (Å²) in [6.07, 6.45) is 1.16. The first kappa shape index (κ1) is 26.7. The van der Waals surface area contributed by atoms with Crippen molar-refractivity contribution < 1.29 is 17.6 Å². The Morgan fingerprint density at radius 1 is 1.12 bits per heavy atom. The number of halogens is 4. The third kappa shape index (κ3) is 4.53. The van der Waals surface area contributed by atoms with Crippen molar-refractivity contribution in [2.24, 2.45) is 18.9 Å². The van der Waals surface area contributed by atoms with E-state index in [9.17, 15) is 18.0 Å². The predicted molar refractivity (Wildman–Crippen MR) is 143 cm³/mol. The molecule has 3 aromatic heterocycles. The largest absolute Gasteiger partial charge is 0.418 e. The van der Waals surface area contributed by atoms with Crippen LogP contribution in [0.3, 0.4) is 0 Å². The lowest BCUT2D eigenvalue weighted by atomic mass is 9.58. The van der Waals surface area contributed by atoms with Gasteiger partial charge in [-0.3, -0.25) is 14.3 Å². The van der Waals surface area contributed by atoms with Gasteiger partial charge in [-0.05, 0) is 73.9 Å². The van der Waals surface area contributed by atoms with Crippen LogP contribution in [0.5, 0.6) is 0 Å². The number of nitrogens with zero attached hydrogens (tertiary/aromatic N) is 5. The standard InChI is InChI=1S/C29H32F4N6O/c1-17-5-4-6-38(13-17)14-21-10-23-24(29(31,32)33)15-39(26(40)25(23)35-21)22-8-19(7-20(30)9-22)28(11-18(2)12-28)27-36-34-16-37(27)3/h7-10,15-18,35H,4-6,11-14H2,1-3H3/t17-,18?,28?/m0/s1. The lowest BCUT2D eigenvalue weighted by Crippen LogP contribution is -2.43. The second kappa shape index (κ2) is 9.57. The van der Waals surface area contributed by atoms with Crippen LogP contribution in [0.15, 0.2) is 41.6 Å². The maximum atomic E-state index is 15.1. The number of benzene rings is 1. The van der Waals surface area contributed by atoms with E-state index in [0.29, 0.717) is 48.3 Å². The first-order chi connectivity index (χ1) is 18.9. The van der Waals surface area contributed by atoms with E-state index < -0.39 is 28.5 Å². The van der Waals surface area contributed by atoms with Gasteiger partial charge in [0.15, 0.2) is 0 Å². The number of aryl methyl sites for hydroxylation is 1. The summed E-state index contributed by atoms with van der Waals surface area (Å²) in [5.74, 6) is 0.869. The molecule has 1 saturated heterocycles. The number of pyridine rings is 1. The molecule has 4 aromatic rings. The third-order valence-corrected chi connectivity index (χ3v) is 8.54. The number of nitrogens with one attached hydrogen (secondary N) is 1. The molecule has 1 atom stereocenters. The van der Waals surface area contributed by atoms with Gasteiger partial charge in [0.25, 0.3) is 5.56 Å². The van der Waals surface area contributed by atoms with E-state index in [0.717, 1.165) is 42.8 Å². The Labute approximate surface area is 228 Å². The molecule has 6 rings (SSSR count). The molecule has 0 radical (unpaired) electrons. The number of hydrogen-bond acceptors (Lipinski definition) is 4. The van der Waals surface area contributed by atoms with Gasteiger partial charge in [0.05, 0.1) is 16.7 Å². The predicted octanol–water partition coefficient (Wildman–Crippen LogP) is 5.55. The highest BCUT2D eigenvalue weighted by Crippen LogP contribution is 2.51. The van der Waals surface area contributed by atoms with Crippen LogP contribution in [0.4, 0.5) is 17.6 Å². The van der Waals surface area contributed by atoms with Crippen LogP contribution in [0, 0.1) is 17.7 Å². The van der Waals surface area contributed by atoms with Crippen LogP contribution in [0.1, 0.15) is 62.2 Å². The monoisotopic (exact) mass is 556 g/mol. The minimum atomic E-state index is -4.72. The first-order valence-electron chi connectivity index (χ1n) is 13.7. The van der Waals surface area contributed by atoms with Crippen molar-refractivity contribution in [3.05, 3.63) is 75.6 Å². The molecule has 1 aromatic carbocycles. The SMILES string of the molecule is CC1CC(c2cc(F)cc(-n3cc(C(F)(F)F)c4cc(CN5CCC[C@H](C)C5)[nH]c4c3=O)c2)(c2nncn2C)C1. The van der Waals surface area contributed by atoms with Gasteiger partial charge in [-0.15, -0.1) is 10.2 Å². The van der Waals surface area contributed by atoms with Gasteiger partial charge >= 0.3 is 6.18 Å². The smallest absolute Gasteiger partial charge is 0.353 e. The molecule has 2 aliphatic rings. The van der Waals surface area contributed by atoms with Crippen LogP contribution < -0.4 is 5.56 Å². The second-order valence-electron chi connectivity index (χ2n) is 11.8. The summed E-state index contributed by atoms with van der Waals surface area (Å²) in [5, 5.41) is 8.09. The van der Waals surface area contributed by atoms with Crippen molar-refractivity contribution in [3.63, 3.8) is 0 Å². The average Bonchev–Trinajstić information content (AvgIpc) is 3.47. The van der Waals surface area contributed by atoms with Crippen LogP contribution in [0.25, 0.3) is 16.6 Å². The molecule has 1 aliphatic carbocycles. The number of aromatic nitrogens is 5. The van der Waals surface area contributed by atoms with Crippen molar-refractivity contribution in [1.82, 2.24) is 29.2 Å². The van der Waals surface area contributed by atoms with Gasteiger partial charge in [-0.25, -0.2) is 4.39 Å². The molecule has 1 N–H and O–H groups in total. The fourth-order valence-electron chi connectivity index (χ4n) is 6.83. The molecule has 1 aliphatic heterocycles. The maximum Gasteiger partial charge on any atom is 0.418 e. The van der Waals surface area contributed by atoms with Gasteiger partial charge in [0.2, 0.25) is 0 Å². The topological polar surface area (TPSA) is 71.7 Å². The fraction of sp³-hybridized carbons (Fsp3) is 0.483. The fourth-order valence-corrected chi connectivity index (χ4v) is 6.83. The van der Waals surface area contributed by atoms with E-state index in [2.05, 4.69) is 33.9 Å². The van der Waals surface area contributed by atoms with Gasteiger partial charge < -0.3 is 9.55 Å². The molecular weight excluding hydrogens is 524 g/mol. The summed E-state index contributed by atoms with van der Waals surface area (Å²) in [7, 11) is 1.81. The Balaban J connectivity index is 1.48. The molecular formula is C29H32F4N6O. The molecule has 0 amide bonds. The van der Waals surface area contributed by atoms with Crippen LogP contribution >= 0.6 is 0 Å². The summed E-state index contributed by atoms with van der Waals surface area (Å²) in [6, 6.07) is 5.52. The normalized spacial score (nSPS) is 24.0. The van der Waals surface area contributed by atoms with E-state index in [1.165, 1.54) is 12.1 Å². The zero-order valence-corrected chi connectivity index (χ0v) is 22.7. The number of likely N-dealkylation sites (tertiary alicyclic amines) is 1. The van der Waals surface area contributed by atoms with Crippen molar-refractivity contribution in [1.29, 1.82) is 0 Å². The Morgan fingerprint density at radius 2 is 1.90 bits per heavy atom. The highest BCUT2D eigenvalue weighted by Gasteiger charge is 2.48. The van der Waals surface area contributed by atoms with Gasteiger partial charge in [0, 0.05) is 37.4 Å². The lowest BCUT2D eigenvalue weighted by molar-refractivity contribution is -0.136. The van der Waals surface area contributed by atoms with Crippen LogP contribution in [-0.2, 0) is 25.2 Å². The summed E-state index contributed by atoms with van der Waals surface area (Å²) in [6.45, 7) is 6.37. The third-order valence-electron chi connectivity index (χ3n) is 8.54. The number of piperidine rings is 1. The van der Waals surface area contributed by atoms with E-state index in [-0.39, 0.29) is 16.6 Å². The van der Waals surface area contributed by atoms with Crippen molar-refractivity contribution in [3.8, 4) is 5.69 Å². The summed E-state index contributed by atoms with van der Waals surface area (Å²) >= 11 is 0. The minimum Gasteiger partial charge on any atom is -0.353 e. The number of fused-ring (bicyclic) bond motifs is 1. The highest BCUT2D eigenvalue weighted by atomic mass is 19.4. The molecule has 2 fully saturated rings. The number of hydrogen-bond donors (Lipinski definition) is 1. The molecule has 0 spiro atoms. The molecule has 212 valence electrons. The summed E-state index contributed by atoms with van der Waals surface area (Å²) in [4.78, 5) is 18.8. The Morgan fingerprint density at radius 3 is 2.55 bits per heavy atom. The van der Waals surface area contributed by atoms with Gasteiger partial charge in [-0.1, -0.05) is 13.8 Å². The Kier molecular flexibility index (Phi) is 6.40. The van der Waals surface area contributed by atoms with Crippen molar-refractivity contribution in [2.45, 2.75) is 57.7 Å². The van der Waals surface area contributed by atoms with Gasteiger partial charge in [-0.2, -0.15) is 13.2 Å². The maximum absolute atomic E-state index is 15.1. The van der Waals surface area contributed by atoms with Crippen molar-refractivity contribution in [2.75, 3.05) is 13.1 Å². The number of H-pyrrole nitrogens is 1. The Bertz CT molecular complexity index is 1630. The van der Waals surface area contributed by atoms with E-state index in [4.69, 9.17) is 0 Å². The Hall–Kier alpha value is -3.47. The number of alkyl halides is 3. The molecule has 4 heterocycles. The van der Waals surface area contributed by atoms with Crippen LogP contribution in [0.2, 0.25) is 0 Å². The highest BCUT2D eigenvalue weighted by molar-refractivity contribution is 5.84. The zero-order chi connectivity index (χ0) is 28.4. The average molecular weight is 557 g/mol. The summed E-state index contributed by atoms with van der Waals surface area (Å²) < 4.78 is 60.8. The zero-order valence-electron chi connectivity index (χ0n) is 22.7. The van der Waals surface area contributed by atoms with Gasteiger partial charge in [0.1, 0.15) is 23.5 Å². The molecule has 7 nitrogen and oxygen atoms in total. The van der Waals surface area contributed by atoms with E-state index >= 15 is 4.39 Å². The molecule has 0 unspecified atom stereocenters. The van der Waals surface area contributed by atoms with E-state index in [1.807, 2.05) is 7.05 Å². The first-order valence-corrected chi connectivity index (χ1v) is 13.7. The quantitative estimate of drug-likeness (QED) is 0.327. The number of rotatable bonds is 5. The van der Waals surface area contributed by atoms with Crippen molar-refractivity contribution >= 4 is 10.9 Å². The van der Waals surface area contributed by atoms with E-state index in [1.54, 1.807) is 17.0 Å². The molecule has 11 heteroatoms. The lowest BCUT2D eigenvalue weighted by Gasteiger charge is -2.46. The molecule has 0 bridgehead atoms. The number of aromatic amines is 1. The minimum absolute atomic E-state index is 0.0366. The molecule has 1 saturated carbocycles. The second-order valence-corrected chi connectivity index (χ2v) is 11.8. The van der Waals surface area contributed by atoms with Crippen LogP contribution in [-0.4, -0.2) is 42.3 Å².